The number of ether oxygens (including phenoxy) is 2. The first-order chi connectivity index (χ1) is 9.65. The van der Waals surface area contributed by atoms with E-state index in [9.17, 15) is 4.39 Å². The van der Waals surface area contributed by atoms with Crippen molar-refractivity contribution in [3.63, 3.8) is 0 Å². The van der Waals surface area contributed by atoms with E-state index in [0.717, 1.165) is 5.56 Å². The highest BCUT2D eigenvalue weighted by atomic mass is 35.5. The third-order valence-electron chi connectivity index (χ3n) is 2.91. The maximum absolute atomic E-state index is 13.7. The van der Waals surface area contributed by atoms with E-state index in [0.29, 0.717) is 23.1 Å². The van der Waals surface area contributed by atoms with E-state index in [1.807, 2.05) is 12.1 Å². The number of hydrogen-bond donors (Lipinski definition) is 1. The van der Waals surface area contributed by atoms with Gasteiger partial charge in [0.2, 0.25) is 0 Å². The van der Waals surface area contributed by atoms with Crippen LogP contribution in [0.3, 0.4) is 0 Å². The summed E-state index contributed by atoms with van der Waals surface area (Å²) in [6.45, 7) is 0.397. The molecule has 2 aromatic rings. The van der Waals surface area contributed by atoms with E-state index in [-0.39, 0.29) is 11.5 Å². The SMILES string of the molecule is COc1ccc(CNc2c(F)cccc2Cl)c(OC)c1. The Hall–Kier alpha value is -1.94. The summed E-state index contributed by atoms with van der Waals surface area (Å²) in [7, 11) is 3.17. The van der Waals surface area contributed by atoms with Crippen LogP contribution in [0.15, 0.2) is 36.4 Å². The molecule has 0 radical (unpaired) electrons. The van der Waals surface area contributed by atoms with Gasteiger partial charge in [-0.15, -0.1) is 0 Å². The summed E-state index contributed by atoms with van der Waals surface area (Å²) in [5, 5.41) is 3.33. The summed E-state index contributed by atoms with van der Waals surface area (Å²) in [6.07, 6.45) is 0. The van der Waals surface area contributed by atoms with Crippen LogP contribution in [0.1, 0.15) is 5.56 Å². The van der Waals surface area contributed by atoms with E-state index < -0.39 is 0 Å². The van der Waals surface area contributed by atoms with Gasteiger partial charge in [-0.25, -0.2) is 4.39 Å². The second-order valence-electron chi connectivity index (χ2n) is 4.13. The molecule has 0 aromatic heterocycles. The van der Waals surface area contributed by atoms with E-state index in [1.54, 1.807) is 32.4 Å². The first kappa shape index (κ1) is 14.5. The van der Waals surface area contributed by atoms with Crippen LogP contribution in [0.4, 0.5) is 10.1 Å². The Morgan fingerprint density at radius 1 is 1.15 bits per heavy atom. The fourth-order valence-corrected chi connectivity index (χ4v) is 2.08. The molecule has 0 aliphatic carbocycles. The molecule has 0 aliphatic rings. The second kappa shape index (κ2) is 6.48. The lowest BCUT2D eigenvalue weighted by atomic mass is 10.2. The van der Waals surface area contributed by atoms with Gasteiger partial charge in [-0.3, -0.25) is 0 Å². The second-order valence-corrected chi connectivity index (χ2v) is 4.54. The third kappa shape index (κ3) is 3.14. The number of hydrogen-bond acceptors (Lipinski definition) is 3. The van der Waals surface area contributed by atoms with Gasteiger partial charge in [0, 0.05) is 18.2 Å². The normalized spacial score (nSPS) is 10.2. The molecule has 2 rings (SSSR count). The van der Waals surface area contributed by atoms with Crippen molar-refractivity contribution in [1.29, 1.82) is 0 Å². The molecule has 0 saturated carbocycles. The van der Waals surface area contributed by atoms with Crippen LogP contribution >= 0.6 is 11.6 Å². The molecule has 0 atom stereocenters. The number of anilines is 1. The van der Waals surface area contributed by atoms with Gasteiger partial charge in [-0.2, -0.15) is 0 Å². The van der Waals surface area contributed by atoms with Gasteiger partial charge in [0.1, 0.15) is 17.3 Å². The molecule has 0 heterocycles. The van der Waals surface area contributed by atoms with Gasteiger partial charge in [-0.05, 0) is 24.3 Å². The molecule has 0 unspecified atom stereocenters. The molecule has 5 heteroatoms. The zero-order chi connectivity index (χ0) is 14.5. The quantitative estimate of drug-likeness (QED) is 0.900. The zero-order valence-electron chi connectivity index (χ0n) is 11.2. The number of nitrogens with one attached hydrogen (secondary N) is 1. The number of rotatable bonds is 5. The Labute approximate surface area is 122 Å². The maximum Gasteiger partial charge on any atom is 0.147 e. The summed E-state index contributed by atoms with van der Waals surface area (Å²) >= 11 is 5.96. The summed E-state index contributed by atoms with van der Waals surface area (Å²) < 4.78 is 24.1. The number of halogens is 2. The first-order valence-corrected chi connectivity index (χ1v) is 6.42. The minimum absolute atomic E-state index is 0.284. The molecule has 20 heavy (non-hydrogen) atoms. The minimum atomic E-state index is -0.384. The van der Waals surface area contributed by atoms with Crippen molar-refractivity contribution in [3.8, 4) is 11.5 Å². The van der Waals surface area contributed by atoms with Crippen molar-refractivity contribution < 1.29 is 13.9 Å². The lowest BCUT2D eigenvalue weighted by molar-refractivity contribution is 0.391. The molecule has 0 saturated heterocycles. The van der Waals surface area contributed by atoms with Crippen molar-refractivity contribution in [1.82, 2.24) is 0 Å². The standard InChI is InChI=1S/C15H15ClFNO2/c1-19-11-7-6-10(14(8-11)20-2)9-18-15-12(16)4-3-5-13(15)17/h3-8,18H,9H2,1-2H3. The predicted octanol–water partition coefficient (Wildman–Crippen LogP) is 4.11. The molecular formula is C15H15ClFNO2. The van der Waals surface area contributed by atoms with Crippen molar-refractivity contribution in [2.75, 3.05) is 19.5 Å². The maximum atomic E-state index is 13.7. The third-order valence-corrected chi connectivity index (χ3v) is 3.23. The molecule has 0 amide bonds. The van der Waals surface area contributed by atoms with E-state index in [2.05, 4.69) is 5.32 Å². The van der Waals surface area contributed by atoms with Gasteiger partial charge in [-0.1, -0.05) is 17.7 Å². The molecule has 0 bridgehead atoms. The molecule has 0 spiro atoms. The first-order valence-electron chi connectivity index (χ1n) is 6.04. The van der Waals surface area contributed by atoms with Crippen LogP contribution in [0.5, 0.6) is 11.5 Å². The van der Waals surface area contributed by atoms with Gasteiger partial charge < -0.3 is 14.8 Å². The molecule has 106 valence electrons. The van der Waals surface area contributed by atoms with Crippen LogP contribution < -0.4 is 14.8 Å². The van der Waals surface area contributed by atoms with Crippen LogP contribution in [-0.4, -0.2) is 14.2 Å². The van der Waals surface area contributed by atoms with Gasteiger partial charge >= 0.3 is 0 Å². The van der Waals surface area contributed by atoms with Crippen LogP contribution in [0.25, 0.3) is 0 Å². The molecular weight excluding hydrogens is 281 g/mol. The highest BCUT2D eigenvalue weighted by molar-refractivity contribution is 6.33. The fourth-order valence-electron chi connectivity index (χ4n) is 1.85. The average Bonchev–Trinajstić information content (AvgIpc) is 2.46. The van der Waals surface area contributed by atoms with E-state index in [4.69, 9.17) is 21.1 Å². The number of para-hydroxylation sites is 1. The molecule has 2 aromatic carbocycles. The zero-order valence-corrected chi connectivity index (χ0v) is 12.0. The van der Waals surface area contributed by atoms with Crippen molar-refractivity contribution in [3.05, 3.63) is 52.8 Å². The molecule has 1 N–H and O–H groups in total. The highest BCUT2D eigenvalue weighted by Gasteiger charge is 2.09. The summed E-state index contributed by atoms with van der Waals surface area (Å²) in [5.41, 5.74) is 1.17. The van der Waals surface area contributed by atoms with E-state index >= 15 is 0 Å². The smallest absolute Gasteiger partial charge is 0.147 e. The number of benzene rings is 2. The largest absolute Gasteiger partial charge is 0.497 e. The molecule has 3 nitrogen and oxygen atoms in total. The summed E-state index contributed by atoms with van der Waals surface area (Å²) in [4.78, 5) is 0. The topological polar surface area (TPSA) is 30.5 Å². The van der Waals surface area contributed by atoms with Gasteiger partial charge in [0.05, 0.1) is 24.9 Å². The Kier molecular flexibility index (Phi) is 4.69. The van der Waals surface area contributed by atoms with Crippen molar-refractivity contribution in [2.24, 2.45) is 0 Å². The summed E-state index contributed by atoms with van der Waals surface area (Å²) in [5.74, 6) is 0.990. The highest BCUT2D eigenvalue weighted by Crippen LogP contribution is 2.28. The van der Waals surface area contributed by atoms with Crippen LogP contribution in [0.2, 0.25) is 5.02 Å². The fraction of sp³-hybridized carbons (Fsp3) is 0.200. The van der Waals surface area contributed by atoms with E-state index in [1.165, 1.54) is 6.07 Å². The minimum Gasteiger partial charge on any atom is -0.497 e. The average molecular weight is 296 g/mol. The van der Waals surface area contributed by atoms with Gasteiger partial charge in [0.15, 0.2) is 0 Å². The summed E-state index contributed by atoms with van der Waals surface area (Å²) in [6, 6.07) is 10.0. The Bertz CT molecular complexity index is 584. The van der Waals surface area contributed by atoms with Gasteiger partial charge in [0.25, 0.3) is 0 Å². The van der Waals surface area contributed by atoms with Crippen LogP contribution in [0, 0.1) is 5.82 Å². The lowest BCUT2D eigenvalue weighted by Crippen LogP contribution is -2.04. The Morgan fingerprint density at radius 3 is 2.60 bits per heavy atom. The number of methoxy groups -OCH3 is 2. The Balaban J connectivity index is 2.19. The molecule has 0 fully saturated rings. The van der Waals surface area contributed by atoms with Crippen LogP contribution in [-0.2, 0) is 6.54 Å². The van der Waals surface area contributed by atoms with Crippen molar-refractivity contribution in [2.45, 2.75) is 6.54 Å². The monoisotopic (exact) mass is 295 g/mol. The Morgan fingerprint density at radius 2 is 1.95 bits per heavy atom. The van der Waals surface area contributed by atoms with Crippen molar-refractivity contribution >= 4 is 17.3 Å². The lowest BCUT2D eigenvalue weighted by Gasteiger charge is -2.13. The predicted molar refractivity (Wildman–Crippen MR) is 78.3 cm³/mol. The molecule has 0 aliphatic heterocycles.